The fourth-order valence-electron chi connectivity index (χ4n) is 2.30. The predicted octanol–water partition coefficient (Wildman–Crippen LogP) is 3.34. The van der Waals surface area contributed by atoms with Crippen LogP contribution in [0.5, 0.6) is 0 Å². The van der Waals surface area contributed by atoms with Crippen molar-refractivity contribution < 1.29 is 33.2 Å². The highest BCUT2D eigenvalue weighted by atomic mass is 19.1. The van der Waals surface area contributed by atoms with Gasteiger partial charge in [0.1, 0.15) is 5.82 Å². The lowest BCUT2D eigenvalue weighted by Gasteiger charge is -2.13. The average Bonchev–Trinajstić information content (AvgIpc) is 2.67. The maximum absolute atomic E-state index is 13.0. The van der Waals surface area contributed by atoms with Crippen LogP contribution in [-0.2, 0) is 9.47 Å². The molecule has 0 spiro atoms. The van der Waals surface area contributed by atoms with E-state index in [-0.39, 0.29) is 23.3 Å². The van der Waals surface area contributed by atoms with Gasteiger partial charge in [0.15, 0.2) is 6.10 Å². The molecule has 2 aromatic carbocycles. The van der Waals surface area contributed by atoms with Gasteiger partial charge in [0.25, 0.3) is 5.69 Å². The minimum atomic E-state index is -1.23. The van der Waals surface area contributed by atoms with Gasteiger partial charge in [0.05, 0.1) is 22.7 Å². The zero-order chi connectivity index (χ0) is 20.8. The lowest BCUT2D eigenvalue weighted by Crippen LogP contribution is -2.24. The second kappa shape index (κ2) is 8.85. The van der Waals surface area contributed by atoms with Crippen molar-refractivity contribution >= 4 is 23.4 Å². The topological polar surface area (TPSA) is 113 Å². The molecule has 2 aromatic rings. The molecule has 8 nitrogen and oxygen atoms in total. The maximum Gasteiger partial charge on any atom is 0.339 e. The number of halogens is 1. The smallest absolute Gasteiger partial charge is 0.339 e. The number of benzene rings is 2. The molecular weight excluding hydrogens is 373 g/mol. The molecule has 1 atom stereocenters. The number of carbonyl (C=O) groups excluding carboxylic acids is 3. The Labute approximate surface area is 159 Å². The molecule has 0 aliphatic carbocycles. The quantitative estimate of drug-likeness (QED) is 0.309. The second-order valence-electron chi connectivity index (χ2n) is 5.66. The molecule has 9 heteroatoms. The minimum absolute atomic E-state index is 0.0461. The van der Waals surface area contributed by atoms with E-state index in [0.717, 1.165) is 30.3 Å². The van der Waals surface area contributed by atoms with E-state index in [4.69, 9.17) is 9.47 Å². The molecule has 0 aromatic heterocycles. The van der Waals surface area contributed by atoms with E-state index in [0.29, 0.717) is 0 Å². The van der Waals surface area contributed by atoms with Gasteiger partial charge in [0.2, 0.25) is 5.78 Å². The Morgan fingerprint density at radius 1 is 1.04 bits per heavy atom. The van der Waals surface area contributed by atoms with Crippen LogP contribution in [0, 0.1) is 15.9 Å². The zero-order valence-electron chi connectivity index (χ0n) is 15.0. The van der Waals surface area contributed by atoms with Gasteiger partial charge < -0.3 is 9.47 Å². The van der Waals surface area contributed by atoms with Crippen molar-refractivity contribution in [1.82, 2.24) is 0 Å². The van der Waals surface area contributed by atoms with Crippen LogP contribution in [0.2, 0.25) is 0 Å². The van der Waals surface area contributed by atoms with E-state index >= 15 is 0 Å². The first-order valence-electron chi connectivity index (χ1n) is 8.20. The number of Topliss-reactive ketones (excluding diaryl/α,β-unsaturated/α-hetero) is 1. The van der Waals surface area contributed by atoms with Crippen LogP contribution in [0.25, 0.3) is 0 Å². The summed E-state index contributed by atoms with van der Waals surface area (Å²) in [6, 6.07) is 7.66. The summed E-state index contributed by atoms with van der Waals surface area (Å²) in [5, 5.41) is 11.1. The number of nitro groups is 1. The van der Waals surface area contributed by atoms with Crippen molar-refractivity contribution in [3.8, 4) is 0 Å². The molecule has 0 radical (unpaired) electrons. The van der Waals surface area contributed by atoms with E-state index in [2.05, 4.69) is 0 Å². The molecule has 28 heavy (non-hydrogen) atoms. The highest BCUT2D eigenvalue weighted by Crippen LogP contribution is 2.20. The first kappa shape index (κ1) is 20.7. The first-order valence-corrected chi connectivity index (χ1v) is 8.20. The van der Waals surface area contributed by atoms with Crippen molar-refractivity contribution in [2.24, 2.45) is 0 Å². The second-order valence-corrected chi connectivity index (χ2v) is 5.66. The summed E-state index contributed by atoms with van der Waals surface area (Å²) < 4.78 is 22.8. The van der Waals surface area contributed by atoms with Gasteiger partial charge in [-0.05, 0) is 44.2 Å². The largest absolute Gasteiger partial charge is 0.462 e. The predicted molar refractivity (Wildman–Crippen MR) is 94.7 cm³/mol. The fraction of sp³-hybridized carbons (Fsp3) is 0.211. The third kappa shape index (κ3) is 4.97. The van der Waals surface area contributed by atoms with Crippen LogP contribution < -0.4 is 0 Å². The normalized spacial score (nSPS) is 11.4. The van der Waals surface area contributed by atoms with Crippen LogP contribution >= 0.6 is 0 Å². The Hall–Kier alpha value is -3.62. The van der Waals surface area contributed by atoms with E-state index < -0.39 is 40.3 Å². The van der Waals surface area contributed by atoms with E-state index in [9.17, 15) is 28.9 Å². The van der Waals surface area contributed by atoms with Gasteiger partial charge in [-0.2, -0.15) is 0 Å². The van der Waals surface area contributed by atoms with Gasteiger partial charge in [-0.1, -0.05) is 0 Å². The first-order chi connectivity index (χ1) is 13.2. The number of non-ortho nitro benzene ring substituents is 1. The Balaban J connectivity index is 2.24. The summed E-state index contributed by atoms with van der Waals surface area (Å²) in [6.45, 7) is 2.92. The van der Waals surface area contributed by atoms with Crippen molar-refractivity contribution in [2.75, 3.05) is 6.61 Å². The number of nitrogens with zero attached hydrogens (tertiary/aromatic N) is 1. The number of ketones is 1. The SMILES string of the molecule is CCOC(=O)c1cc(C(=O)O[C@H](C)C(=O)c2ccc(F)cc2)cc([N+](=O)[O-])c1. The third-order valence-electron chi connectivity index (χ3n) is 3.66. The van der Waals surface area contributed by atoms with E-state index in [1.807, 2.05) is 0 Å². The van der Waals surface area contributed by atoms with Gasteiger partial charge in [-0.25, -0.2) is 14.0 Å². The van der Waals surface area contributed by atoms with Gasteiger partial charge >= 0.3 is 11.9 Å². The van der Waals surface area contributed by atoms with Crippen molar-refractivity contribution in [2.45, 2.75) is 20.0 Å². The molecule has 0 amide bonds. The third-order valence-corrected chi connectivity index (χ3v) is 3.66. The molecule has 0 N–H and O–H groups in total. The lowest BCUT2D eigenvalue weighted by atomic mass is 10.1. The Morgan fingerprint density at radius 2 is 1.61 bits per heavy atom. The fourth-order valence-corrected chi connectivity index (χ4v) is 2.30. The number of nitro benzene ring substituents is 1. The summed E-state index contributed by atoms with van der Waals surface area (Å²) in [4.78, 5) is 46.8. The molecule has 2 rings (SSSR count). The monoisotopic (exact) mass is 389 g/mol. The Kier molecular flexibility index (Phi) is 6.54. The van der Waals surface area contributed by atoms with Gasteiger partial charge in [0, 0.05) is 17.7 Å². The standard InChI is InChI=1S/C19H16FNO7/c1-3-27-18(23)13-8-14(10-16(9-13)21(25)26)19(24)28-11(2)17(22)12-4-6-15(20)7-5-12/h4-11H,3H2,1-2H3/t11-/m1/s1. The lowest BCUT2D eigenvalue weighted by molar-refractivity contribution is -0.384. The molecule has 0 saturated carbocycles. The van der Waals surface area contributed by atoms with Crippen molar-refractivity contribution in [3.63, 3.8) is 0 Å². The Bertz CT molecular complexity index is 924. The minimum Gasteiger partial charge on any atom is -0.462 e. The molecule has 0 bridgehead atoms. The average molecular weight is 389 g/mol. The molecule has 0 heterocycles. The number of hydrogen-bond donors (Lipinski definition) is 0. The highest BCUT2D eigenvalue weighted by Gasteiger charge is 2.24. The van der Waals surface area contributed by atoms with Gasteiger partial charge in [-0.3, -0.25) is 14.9 Å². The van der Waals surface area contributed by atoms with Crippen LogP contribution in [0.3, 0.4) is 0 Å². The van der Waals surface area contributed by atoms with Crippen LogP contribution in [0.15, 0.2) is 42.5 Å². The number of esters is 2. The van der Waals surface area contributed by atoms with E-state index in [1.165, 1.54) is 19.1 Å². The molecule has 0 aliphatic heterocycles. The van der Waals surface area contributed by atoms with Crippen LogP contribution in [0.4, 0.5) is 10.1 Å². The number of carbonyl (C=O) groups is 3. The number of ether oxygens (including phenoxy) is 2. The maximum atomic E-state index is 13.0. The Morgan fingerprint density at radius 3 is 2.14 bits per heavy atom. The van der Waals surface area contributed by atoms with Crippen molar-refractivity contribution in [3.05, 3.63) is 75.1 Å². The molecule has 0 fully saturated rings. The van der Waals surface area contributed by atoms with Gasteiger partial charge in [-0.15, -0.1) is 0 Å². The highest BCUT2D eigenvalue weighted by molar-refractivity contribution is 6.02. The molecular formula is C19H16FNO7. The molecule has 0 saturated heterocycles. The summed E-state index contributed by atoms with van der Waals surface area (Å²) >= 11 is 0. The summed E-state index contributed by atoms with van der Waals surface area (Å²) in [6.07, 6.45) is -1.23. The van der Waals surface area contributed by atoms with Crippen molar-refractivity contribution in [1.29, 1.82) is 0 Å². The molecule has 146 valence electrons. The molecule has 0 unspecified atom stereocenters. The summed E-state index contributed by atoms with van der Waals surface area (Å²) in [5.41, 5.74) is -0.848. The zero-order valence-corrected chi connectivity index (χ0v) is 15.0. The van der Waals surface area contributed by atoms with E-state index in [1.54, 1.807) is 6.92 Å². The van der Waals surface area contributed by atoms with Crippen LogP contribution in [-0.4, -0.2) is 35.4 Å². The number of hydrogen-bond acceptors (Lipinski definition) is 7. The summed E-state index contributed by atoms with van der Waals surface area (Å²) in [7, 11) is 0. The number of rotatable bonds is 7. The van der Waals surface area contributed by atoms with Crippen LogP contribution in [0.1, 0.15) is 44.9 Å². The molecule has 0 aliphatic rings. The summed E-state index contributed by atoms with van der Waals surface area (Å²) in [5.74, 6) is -2.97.